The molecular weight excluding hydrogens is 232 g/mol. The van der Waals surface area contributed by atoms with Crippen LogP contribution in [0.25, 0.3) is 0 Å². The van der Waals surface area contributed by atoms with Crippen LogP contribution < -0.4 is 11.1 Å². The van der Waals surface area contributed by atoms with Crippen LogP contribution in [0, 0.1) is 13.8 Å². The number of aromatic nitrogens is 2. The Balaban J connectivity index is 2.08. The Bertz CT molecular complexity index is 413. The minimum atomic E-state index is 0.333. The van der Waals surface area contributed by atoms with Gasteiger partial charge >= 0.3 is 0 Å². The van der Waals surface area contributed by atoms with E-state index in [1.807, 2.05) is 25.6 Å². The van der Waals surface area contributed by atoms with E-state index >= 15 is 0 Å². The van der Waals surface area contributed by atoms with Gasteiger partial charge in [0.1, 0.15) is 17.5 Å². The molecule has 17 heavy (non-hydrogen) atoms. The van der Waals surface area contributed by atoms with Gasteiger partial charge in [-0.05, 0) is 39.4 Å². The third-order valence-electron chi connectivity index (χ3n) is 3.23. The van der Waals surface area contributed by atoms with Crippen LogP contribution >= 0.6 is 11.8 Å². The average Bonchev–Trinajstić information content (AvgIpc) is 2.69. The first-order valence-corrected chi connectivity index (χ1v) is 6.97. The summed E-state index contributed by atoms with van der Waals surface area (Å²) in [4.78, 5) is 8.57. The van der Waals surface area contributed by atoms with Crippen LogP contribution in [0.5, 0.6) is 0 Å². The molecule has 94 valence electrons. The summed E-state index contributed by atoms with van der Waals surface area (Å²) >= 11 is 2.04. The van der Waals surface area contributed by atoms with Crippen LogP contribution in [-0.4, -0.2) is 27.0 Å². The van der Waals surface area contributed by atoms with Crippen molar-refractivity contribution in [1.82, 2.24) is 9.97 Å². The number of thioether (sulfide) groups is 1. The summed E-state index contributed by atoms with van der Waals surface area (Å²) in [6.45, 7) is 7.08. The molecule has 0 aliphatic carbocycles. The van der Waals surface area contributed by atoms with Crippen LogP contribution in [0.3, 0.4) is 0 Å². The third-order valence-corrected chi connectivity index (χ3v) is 4.76. The van der Waals surface area contributed by atoms with E-state index in [9.17, 15) is 0 Å². The summed E-state index contributed by atoms with van der Waals surface area (Å²) in [5.74, 6) is 3.44. The number of nitrogens with two attached hydrogens (primary N) is 1. The summed E-state index contributed by atoms with van der Waals surface area (Å²) in [6.07, 6.45) is 2.58. The Hall–Kier alpha value is -0.970. The summed E-state index contributed by atoms with van der Waals surface area (Å²) in [6, 6.07) is 0. The molecule has 3 N–H and O–H groups in total. The molecule has 0 saturated carbocycles. The van der Waals surface area contributed by atoms with Crippen molar-refractivity contribution in [3.8, 4) is 0 Å². The van der Waals surface area contributed by atoms with E-state index in [4.69, 9.17) is 5.73 Å². The van der Waals surface area contributed by atoms with Crippen molar-refractivity contribution < 1.29 is 0 Å². The Morgan fingerprint density at radius 3 is 2.82 bits per heavy atom. The molecule has 0 radical (unpaired) electrons. The largest absolute Gasteiger partial charge is 0.383 e. The number of nitrogens with one attached hydrogen (secondary N) is 1. The zero-order chi connectivity index (χ0) is 12.5. The van der Waals surface area contributed by atoms with Crippen molar-refractivity contribution >= 4 is 23.4 Å². The first kappa shape index (κ1) is 12.5. The number of hydrogen-bond acceptors (Lipinski definition) is 5. The quantitative estimate of drug-likeness (QED) is 0.864. The lowest BCUT2D eigenvalue weighted by molar-refractivity contribution is 0.633. The number of hydrogen-bond donors (Lipinski definition) is 2. The summed E-state index contributed by atoms with van der Waals surface area (Å²) in [5.41, 5.74) is 6.79. The van der Waals surface area contributed by atoms with Gasteiger partial charge in [0.15, 0.2) is 0 Å². The number of aryl methyl sites for hydroxylation is 1. The second-order valence-electron chi connectivity index (χ2n) is 4.89. The number of rotatable bonds is 3. The van der Waals surface area contributed by atoms with Crippen molar-refractivity contribution in [3.63, 3.8) is 0 Å². The molecule has 5 heteroatoms. The first-order valence-electron chi connectivity index (χ1n) is 5.99. The number of nitrogens with zero attached hydrogens (tertiary/aromatic N) is 2. The molecule has 1 aliphatic rings. The lowest BCUT2D eigenvalue weighted by atomic mass is 10.1. The topological polar surface area (TPSA) is 63.8 Å². The van der Waals surface area contributed by atoms with Crippen LogP contribution in [0.2, 0.25) is 0 Å². The van der Waals surface area contributed by atoms with Crippen molar-refractivity contribution in [2.45, 2.75) is 38.4 Å². The molecule has 1 atom stereocenters. The van der Waals surface area contributed by atoms with Crippen LogP contribution in [0.4, 0.5) is 11.6 Å². The van der Waals surface area contributed by atoms with Crippen molar-refractivity contribution in [2.75, 3.05) is 23.3 Å². The zero-order valence-corrected chi connectivity index (χ0v) is 11.5. The third kappa shape index (κ3) is 2.83. The van der Waals surface area contributed by atoms with E-state index in [0.29, 0.717) is 10.6 Å². The highest BCUT2D eigenvalue weighted by molar-refractivity contribution is 8.00. The normalized spacial score (nSPS) is 23.9. The summed E-state index contributed by atoms with van der Waals surface area (Å²) in [5, 5.41) is 3.43. The van der Waals surface area contributed by atoms with Gasteiger partial charge in [-0.2, -0.15) is 11.8 Å². The van der Waals surface area contributed by atoms with Gasteiger partial charge in [-0.25, -0.2) is 9.97 Å². The lowest BCUT2D eigenvalue weighted by Crippen LogP contribution is -2.28. The highest BCUT2D eigenvalue weighted by atomic mass is 32.2. The Morgan fingerprint density at radius 1 is 1.41 bits per heavy atom. The molecule has 1 aliphatic heterocycles. The van der Waals surface area contributed by atoms with Crippen LogP contribution in [0.15, 0.2) is 0 Å². The van der Waals surface area contributed by atoms with E-state index < -0.39 is 0 Å². The zero-order valence-electron chi connectivity index (χ0n) is 10.7. The standard InChI is InChI=1S/C12H20N4S/c1-8-10(13)15-9(2)16-11(8)14-7-12(3)5-4-6-17-12/h4-7H2,1-3H3,(H3,13,14,15,16). The molecule has 2 heterocycles. The van der Waals surface area contributed by atoms with E-state index in [2.05, 4.69) is 22.2 Å². The smallest absolute Gasteiger partial charge is 0.134 e. The number of anilines is 2. The second-order valence-corrected chi connectivity index (χ2v) is 6.57. The highest BCUT2D eigenvalue weighted by Crippen LogP contribution is 2.37. The maximum atomic E-state index is 5.84. The number of nitrogen functional groups attached to an aromatic ring is 1. The summed E-state index contributed by atoms with van der Waals surface area (Å²) in [7, 11) is 0. The fraction of sp³-hybridized carbons (Fsp3) is 0.667. The maximum absolute atomic E-state index is 5.84. The molecule has 4 nitrogen and oxygen atoms in total. The van der Waals surface area contributed by atoms with E-state index in [1.165, 1.54) is 18.6 Å². The maximum Gasteiger partial charge on any atom is 0.134 e. The van der Waals surface area contributed by atoms with Crippen molar-refractivity contribution in [3.05, 3.63) is 11.4 Å². The lowest BCUT2D eigenvalue weighted by Gasteiger charge is -2.24. The van der Waals surface area contributed by atoms with Gasteiger partial charge in [0.2, 0.25) is 0 Å². The van der Waals surface area contributed by atoms with E-state index in [0.717, 1.165) is 23.8 Å². The molecule has 0 amide bonds. The Labute approximate surface area is 107 Å². The molecule has 1 unspecified atom stereocenters. The van der Waals surface area contributed by atoms with E-state index in [-0.39, 0.29) is 0 Å². The van der Waals surface area contributed by atoms with Gasteiger partial charge < -0.3 is 11.1 Å². The molecule has 0 spiro atoms. The fourth-order valence-electron chi connectivity index (χ4n) is 2.07. The molecule has 1 fully saturated rings. The van der Waals surface area contributed by atoms with Gasteiger partial charge in [0.05, 0.1) is 0 Å². The first-order chi connectivity index (χ1) is 8.00. The molecule has 1 aromatic heterocycles. The molecule has 1 aromatic rings. The van der Waals surface area contributed by atoms with Crippen molar-refractivity contribution in [2.24, 2.45) is 0 Å². The minimum absolute atomic E-state index is 0.333. The van der Waals surface area contributed by atoms with Crippen LogP contribution in [0.1, 0.15) is 31.2 Å². The predicted molar refractivity (Wildman–Crippen MR) is 74.5 cm³/mol. The van der Waals surface area contributed by atoms with E-state index in [1.54, 1.807) is 0 Å². The van der Waals surface area contributed by atoms with Gasteiger partial charge in [-0.1, -0.05) is 0 Å². The minimum Gasteiger partial charge on any atom is -0.383 e. The Morgan fingerprint density at radius 2 is 2.18 bits per heavy atom. The van der Waals surface area contributed by atoms with Crippen molar-refractivity contribution in [1.29, 1.82) is 0 Å². The SMILES string of the molecule is Cc1nc(N)c(C)c(NCC2(C)CCCS2)n1. The molecule has 1 saturated heterocycles. The molecule has 0 aromatic carbocycles. The van der Waals surface area contributed by atoms with Gasteiger partial charge in [0, 0.05) is 16.9 Å². The molecule has 2 rings (SSSR count). The molecule has 0 bridgehead atoms. The molecular formula is C12H20N4S. The Kier molecular flexibility index (Phi) is 3.47. The summed E-state index contributed by atoms with van der Waals surface area (Å²) < 4.78 is 0.333. The van der Waals surface area contributed by atoms with Gasteiger partial charge in [-0.3, -0.25) is 0 Å². The predicted octanol–water partition coefficient (Wildman–Crippen LogP) is 2.37. The van der Waals surface area contributed by atoms with Crippen LogP contribution in [-0.2, 0) is 0 Å². The van der Waals surface area contributed by atoms with Gasteiger partial charge in [-0.15, -0.1) is 0 Å². The fourth-order valence-corrected chi connectivity index (χ4v) is 3.31. The monoisotopic (exact) mass is 252 g/mol. The second kappa shape index (κ2) is 4.72. The van der Waals surface area contributed by atoms with Gasteiger partial charge in [0.25, 0.3) is 0 Å². The average molecular weight is 252 g/mol. The highest BCUT2D eigenvalue weighted by Gasteiger charge is 2.29.